The fourth-order valence-corrected chi connectivity index (χ4v) is 10.9. The van der Waals surface area contributed by atoms with Gasteiger partial charge in [-0.3, -0.25) is 0 Å². The minimum Gasteiger partial charge on any atom is -0.207 e. The smallest absolute Gasteiger partial charge is 0.207 e. The third-order valence-corrected chi connectivity index (χ3v) is 12.6. The molecule has 45 heavy (non-hydrogen) atoms. The van der Waals surface area contributed by atoms with Crippen molar-refractivity contribution in [2.24, 2.45) is 0 Å². The second-order valence-corrected chi connectivity index (χ2v) is 13.7. The molecule has 0 atom stereocenters. The normalized spacial score (nSPS) is 11.7. The van der Waals surface area contributed by atoms with E-state index >= 15 is 17.6 Å². The lowest BCUT2D eigenvalue weighted by molar-refractivity contribution is 0.382. The van der Waals surface area contributed by atoms with Gasteiger partial charge in [0.15, 0.2) is 58.2 Å². The first kappa shape index (κ1) is 31.9. The van der Waals surface area contributed by atoms with Crippen LogP contribution in [0.5, 0.6) is 0 Å². The van der Waals surface area contributed by atoms with Crippen LogP contribution in [-0.4, -0.2) is 14.2 Å². The van der Waals surface area contributed by atoms with Gasteiger partial charge < -0.3 is 0 Å². The first-order chi connectivity index (χ1) is 21.2. The molecule has 0 nitrogen and oxygen atoms in total. The molecular weight excluding hydrogens is 646 g/mol. The maximum Gasteiger partial charge on any atom is 0.234 e. The predicted molar refractivity (Wildman–Crippen MR) is 141 cm³/mol. The monoisotopic (exact) mass is 658 g/mol. The Labute approximate surface area is 246 Å². The fourth-order valence-electron chi connectivity index (χ4n) is 5.47. The summed E-state index contributed by atoms with van der Waals surface area (Å²) in [6.45, 7) is 0. The quantitative estimate of drug-likeness (QED) is 0.0760. The van der Waals surface area contributed by atoms with Crippen molar-refractivity contribution in [2.45, 2.75) is 0 Å². The van der Waals surface area contributed by atoms with E-state index in [-0.39, 0.29) is 15.6 Å². The average molecular weight is 658 g/mol. The Bertz CT molecular complexity index is 1690. The molecule has 0 aromatic heterocycles. The molecule has 0 saturated heterocycles. The highest BCUT2D eigenvalue weighted by Crippen LogP contribution is 2.25. The molecule has 0 aliphatic heterocycles. The van der Waals surface area contributed by atoms with Gasteiger partial charge in [0.1, 0.15) is 25.4 Å². The molecule has 5 aromatic rings. The Morgan fingerprint density at radius 3 is 0.711 bits per heavy atom. The maximum absolute atomic E-state index is 15.8. The average Bonchev–Trinajstić information content (AvgIpc) is 3.03. The molecule has 0 aliphatic carbocycles. The van der Waals surface area contributed by atoms with Crippen molar-refractivity contribution >= 4 is 40.7 Å². The van der Waals surface area contributed by atoms with E-state index in [2.05, 4.69) is 0 Å². The summed E-state index contributed by atoms with van der Waals surface area (Å²) < 4.78 is 193. The van der Waals surface area contributed by atoms with Crippen LogP contribution in [0.25, 0.3) is 0 Å². The molecule has 0 spiro atoms. The van der Waals surface area contributed by atoms with Crippen LogP contribution < -0.4 is 26.5 Å². The molecule has 0 N–H and O–H groups in total. The van der Waals surface area contributed by atoms with Crippen molar-refractivity contribution in [1.82, 2.24) is 0 Å². The van der Waals surface area contributed by atoms with E-state index in [0.717, 1.165) is 72.8 Å². The minimum absolute atomic E-state index is 0.361. The Balaban J connectivity index is 2.16. The highest BCUT2D eigenvalue weighted by atomic mass is 28.3. The molecular formula is C30H12BF13Si. The van der Waals surface area contributed by atoms with Crippen LogP contribution in [0.4, 0.5) is 57.1 Å². The third-order valence-electron chi connectivity index (χ3n) is 7.40. The van der Waals surface area contributed by atoms with Gasteiger partial charge in [-0.15, -0.1) is 0 Å². The Kier molecular flexibility index (Phi) is 8.33. The molecule has 230 valence electrons. The summed E-state index contributed by atoms with van der Waals surface area (Å²) in [6.07, 6.45) is -2.99. The number of hydrogen-bond acceptors (Lipinski definition) is 0. The molecule has 0 amide bonds. The summed E-state index contributed by atoms with van der Waals surface area (Å²) in [7, 11) is -5.23. The molecule has 5 rings (SSSR count). The van der Waals surface area contributed by atoms with Gasteiger partial charge in [0, 0.05) is 10.9 Å². The summed E-state index contributed by atoms with van der Waals surface area (Å²) in [5.41, 5.74) is -4.03. The lowest BCUT2D eigenvalue weighted by atomic mass is 9.59. The van der Waals surface area contributed by atoms with Crippen LogP contribution in [0.3, 0.4) is 0 Å². The van der Waals surface area contributed by atoms with Gasteiger partial charge in [-0.05, 0) is 36.4 Å². The highest BCUT2D eigenvalue weighted by molar-refractivity contribution is 7.56. The zero-order valence-corrected chi connectivity index (χ0v) is 22.9. The molecule has 0 radical (unpaired) electrons. The first-order valence-electron chi connectivity index (χ1n) is 12.5. The van der Waals surface area contributed by atoms with Crippen molar-refractivity contribution in [3.63, 3.8) is 0 Å². The van der Waals surface area contributed by atoms with Crippen molar-refractivity contribution in [3.8, 4) is 0 Å². The van der Waals surface area contributed by atoms with E-state index in [1.54, 1.807) is 0 Å². The zero-order chi connectivity index (χ0) is 33.0. The molecule has 15 heteroatoms. The van der Waals surface area contributed by atoms with E-state index in [9.17, 15) is 39.5 Å². The van der Waals surface area contributed by atoms with Crippen LogP contribution in [0.1, 0.15) is 0 Å². The van der Waals surface area contributed by atoms with E-state index in [1.807, 2.05) is 0 Å². The largest absolute Gasteiger partial charge is 0.234 e. The molecule has 0 unspecified atom stereocenters. The van der Waals surface area contributed by atoms with Gasteiger partial charge in [-0.2, -0.15) is 0 Å². The van der Waals surface area contributed by atoms with Crippen molar-refractivity contribution in [3.05, 3.63) is 148 Å². The second-order valence-electron chi connectivity index (χ2n) is 9.73. The lowest BCUT2D eigenvalue weighted by Gasteiger charge is -2.40. The molecule has 0 heterocycles. The molecule has 0 fully saturated rings. The molecule has 0 saturated carbocycles. The van der Waals surface area contributed by atoms with Gasteiger partial charge >= 0.3 is 0 Å². The van der Waals surface area contributed by atoms with Crippen molar-refractivity contribution < 1.29 is 57.1 Å². The van der Waals surface area contributed by atoms with Crippen molar-refractivity contribution in [2.75, 3.05) is 0 Å². The van der Waals surface area contributed by atoms with Gasteiger partial charge in [-0.1, -0.05) is 52.0 Å². The summed E-state index contributed by atoms with van der Waals surface area (Å²) >= 11 is 0. The van der Waals surface area contributed by atoms with E-state index in [4.69, 9.17) is 0 Å². The number of hydrogen-bond donors (Lipinski definition) is 0. The minimum atomic E-state index is -5.23. The standard InChI is InChI=1S/C30H12BF13Si/c32-13-1-7-16(8-2-13)45(17-9-3-14(33)4-10-17,18-11-5-15(34)6-12-18)31(19-21(35)25(39)29(43)26(40)22(19)36)20-23(37)27(41)30(44)28(42)24(20)38/h1-12H. The van der Waals surface area contributed by atoms with Gasteiger partial charge in [0.2, 0.25) is 6.31 Å². The molecule has 0 bridgehead atoms. The predicted octanol–water partition coefficient (Wildman–Crippen LogP) is 5.35. The van der Waals surface area contributed by atoms with Crippen molar-refractivity contribution in [1.29, 1.82) is 0 Å². The maximum atomic E-state index is 15.8. The van der Waals surface area contributed by atoms with Crippen LogP contribution in [0.15, 0.2) is 72.8 Å². The second kappa shape index (κ2) is 11.8. The summed E-state index contributed by atoms with van der Waals surface area (Å²) in [5, 5.41) is -1.08. The molecule has 5 aromatic carbocycles. The van der Waals surface area contributed by atoms with E-state index in [0.29, 0.717) is 0 Å². The first-order valence-corrected chi connectivity index (χ1v) is 14.6. The van der Waals surface area contributed by atoms with E-state index in [1.165, 1.54) is 0 Å². The number of halogens is 13. The third kappa shape index (κ3) is 4.98. The van der Waals surface area contributed by atoms with Gasteiger partial charge in [0.05, 0.1) is 0 Å². The Morgan fingerprint density at radius 2 is 0.489 bits per heavy atom. The van der Waals surface area contributed by atoms with Gasteiger partial charge in [0.25, 0.3) is 0 Å². The Hall–Kier alpha value is -4.53. The Morgan fingerprint density at radius 1 is 0.289 bits per heavy atom. The van der Waals surface area contributed by atoms with E-state index < -0.39 is 101 Å². The summed E-state index contributed by atoms with van der Waals surface area (Å²) in [4.78, 5) is 0. The van der Waals surface area contributed by atoms with Crippen LogP contribution in [-0.2, 0) is 0 Å². The number of rotatable bonds is 6. The fraction of sp³-hybridized carbons (Fsp3) is 0. The highest BCUT2D eigenvalue weighted by Gasteiger charge is 2.56. The molecule has 0 aliphatic rings. The topological polar surface area (TPSA) is 0 Å². The van der Waals surface area contributed by atoms with Crippen LogP contribution in [0, 0.1) is 75.6 Å². The van der Waals surface area contributed by atoms with Gasteiger partial charge in [-0.25, -0.2) is 57.1 Å². The summed E-state index contributed by atoms with van der Waals surface area (Å²) in [5.74, 6) is -29.5. The van der Waals surface area contributed by atoms with Crippen LogP contribution >= 0.6 is 0 Å². The SMILES string of the molecule is Fc1ccc([Si](B(c2c(F)c(F)c(F)c(F)c2F)c2c(F)c(F)c(F)c(F)c2F)(c2ccc(F)cc2)c2ccc(F)cc2)cc1. The zero-order valence-electron chi connectivity index (χ0n) is 21.9. The summed E-state index contributed by atoms with van der Waals surface area (Å²) in [6, 6.07) is 9.74. The lowest BCUT2D eigenvalue weighted by Crippen LogP contribution is -2.83. The van der Waals surface area contributed by atoms with Crippen LogP contribution in [0.2, 0.25) is 0 Å². The number of benzene rings is 5.